The number of carbonyl (C=O) groups excluding carboxylic acids is 1. The molecule has 0 N–H and O–H groups in total. The highest BCUT2D eigenvalue weighted by atomic mass is 16.5. The van der Waals surface area contributed by atoms with Gasteiger partial charge < -0.3 is 13.6 Å². The first kappa shape index (κ1) is 15.8. The predicted molar refractivity (Wildman–Crippen MR) is 89.4 cm³/mol. The summed E-state index contributed by atoms with van der Waals surface area (Å²) in [7, 11) is 0. The highest BCUT2D eigenvalue weighted by Crippen LogP contribution is 2.20. The molecule has 0 spiro atoms. The maximum atomic E-state index is 11.8. The SMILES string of the molecule is CCc1ccc2c(COC(=O)/C=C/c3ccco3)cc(=O)oc2c1. The van der Waals surface area contributed by atoms with Gasteiger partial charge in [-0.15, -0.1) is 0 Å². The number of benzene rings is 1. The molecule has 0 aliphatic heterocycles. The van der Waals surface area contributed by atoms with Gasteiger partial charge in [0.25, 0.3) is 0 Å². The normalized spacial score (nSPS) is 11.2. The fraction of sp³-hybridized carbons (Fsp3) is 0.158. The van der Waals surface area contributed by atoms with Gasteiger partial charge in [-0.05, 0) is 36.3 Å². The first-order chi connectivity index (χ1) is 11.7. The van der Waals surface area contributed by atoms with E-state index >= 15 is 0 Å². The zero-order valence-electron chi connectivity index (χ0n) is 13.2. The molecular formula is C19H16O5. The van der Waals surface area contributed by atoms with Crippen molar-refractivity contribution in [2.45, 2.75) is 20.0 Å². The van der Waals surface area contributed by atoms with E-state index in [0.29, 0.717) is 16.9 Å². The Morgan fingerprint density at radius 3 is 2.88 bits per heavy atom. The molecule has 0 saturated heterocycles. The molecule has 3 aromatic rings. The van der Waals surface area contributed by atoms with Gasteiger partial charge in [0.05, 0.1) is 6.26 Å². The standard InChI is InChI=1S/C19H16O5/c1-2-13-5-7-16-14(11-19(21)24-17(16)10-13)12-23-18(20)8-6-15-4-3-9-22-15/h3-11H,2,12H2,1H3/b8-6+. The fourth-order valence-electron chi connectivity index (χ4n) is 2.35. The van der Waals surface area contributed by atoms with Crippen LogP contribution in [-0.4, -0.2) is 5.97 Å². The molecule has 0 aliphatic carbocycles. The number of esters is 1. The summed E-state index contributed by atoms with van der Waals surface area (Å²) in [6.07, 6.45) is 5.16. The van der Waals surface area contributed by atoms with Crippen molar-refractivity contribution in [3.05, 3.63) is 76.0 Å². The molecule has 2 aromatic heterocycles. The van der Waals surface area contributed by atoms with Crippen LogP contribution in [0.25, 0.3) is 17.0 Å². The Labute approximate surface area is 138 Å². The molecule has 5 heteroatoms. The second-order valence-corrected chi connectivity index (χ2v) is 5.23. The molecule has 0 bridgehead atoms. The average molecular weight is 324 g/mol. The molecule has 1 aromatic carbocycles. The van der Waals surface area contributed by atoms with Crippen LogP contribution in [0.5, 0.6) is 0 Å². The van der Waals surface area contributed by atoms with Gasteiger partial charge in [0.2, 0.25) is 0 Å². The van der Waals surface area contributed by atoms with Crippen LogP contribution in [0.15, 0.2) is 62.4 Å². The van der Waals surface area contributed by atoms with Crippen LogP contribution in [0.2, 0.25) is 0 Å². The average Bonchev–Trinajstić information content (AvgIpc) is 3.10. The monoisotopic (exact) mass is 324 g/mol. The van der Waals surface area contributed by atoms with E-state index in [4.69, 9.17) is 13.6 Å². The Morgan fingerprint density at radius 1 is 1.25 bits per heavy atom. The van der Waals surface area contributed by atoms with Crippen molar-refractivity contribution in [2.75, 3.05) is 0 Å². The van der Waals surface area contributed by atoms with E-state index in [2.05, 4.69) is 0 Å². The van der Waals surface area contributed by atoms with Gasteiger partial charge >= 0.3 is 11.6 Å². The first-order valence-electron chi connectivity index (χ1n) is 7.59. The topological polar surface area (TPSA) is 69.7 Å². The van der Waals surface area contributed by atoms with Crippen LogP contribution in [-0.2, 0) is 22.6 Å². The lowest BCUT2D eigenvalue weighted by Gasteiger charge is -2.06. The smallest absolute Gasteiger partial charge is 0.336 e. The zero-order valence-corrected chi connectivity index (χ0v) is 13.2. The summed E-state index contributed by atoms with van der Waals surface area (Å²) in [5, 5.41) is 0.759. The highest BCUT2D eigenvalue weighted by molar-refractivity contribution is 5.87. The summed E-state index contributed by atoms with van der Waals surface area (Å²) in [6, 6.07) is 10.5. The fourth-order valence-corrected chi connectivity index (χ4v) is 2.35. The molecule has 0 fully saturated rings. The van der Waals surface area contributed by atoms with Gasteiger partial charge in [0.1, 0.15) is 18.0 Å². The lowest BCUT2D eigenvalue weighted by atomic mass is 10.1. The molecule has 5 nitrogen and oxygen atoms in total. The number of rotatable bonds is 5. The molecule has 0 radical (unpaired) electrons. The van der Waals surface area contributed by atoms with Gasteiger partial charge in [-0.1, -0.05) is 19.1 Å². The van der Waals surface area contributed by atoms with Crippen LogP contribution in [0, 0.1) is 0 Å². The van der Waals surface area contributed by atoms with Gasteiger partial charge in [-0.3, -0.25) is 0 Å². The largest absolute Gasteiger partial charge is 0.465 e. The van der Waals surface area contributed by atoms with Gasteiger partial charge in [-0.25, -0.2) is 9.59 Å². The zero-order chi connectivity index (χ0) is 16.9. The summed E-state index contributed by atoms with van der Waals surface area (Å²) in [6.45, 7) is 2.02. The molecule has 3 rings (SSSR count). The minimum Gasteiger partial charge on any atom is -0.465 e. The summed E-state index contributed by atoms with van der Waals surface area (Å²) < 4.78 is 15.5. The number of furan rings is 1. The third-order valence-electron chi connectivity index (χ3n) is 3.60. The van der Waals surface area contributed by atoms with Gasteiger partial charge in [-0.2, -0.15) is 0 Å². The summed E-state index contributed by atoms with van der Waals surface area (Å²) in [5.74, 6) is 0.0443. The highest BCUT2D eigenvalue weighted by Gasteiger charge is 2.08. The minimum absolute atomic E-state index is 0.00506. The first-order valence-corrected chi connectivity index (χ1v) is 7.59. The Kier molecular flexibility index (Phi) is 4.61. The second kappa shape index (κ2) is 7.00. The van der Waals surface area contributed by atoms with Crippen LogP contribution in [0.4, 0.5) is 0 Å². The number of carbonyl (C=O) groups is 1. The van der Waals surface area contributed by atoms with E-state index in [-0.39, 0.29) is 6.61 Å². The molecule has 0 amide bonds. The quantitative estimate of drug-likeness (QED) is 0.406. The molecule has 122 valence electrons. The van der Waals surface area contributed by atoms with E-state index in [9.17, 15) is 9.59 Å². The van der Waals surface area contributed by atoms with E-state index in [1.807, 2.05) is 25.1 Å². The molecule has 0 saturated carbocycles. The number of ether oxygens (including phenoxy) is 1. The minimum atomic E-state index is -0.516. The van der Waals surface area contributed by atoms with E-state index in [0.717, 1.165) is 17.4 Å². The summed E-state index contributed by atoms with van der Waals surface area (Å²) in [4.78, 5) is 23.5. The third-order valence-corrected chi connectivity index (χ3v) is 3.60. The predicted octanol–water partition coefficient (Wildman–Crippen LogP) is 3.71. The van der Waals surface area contributed by atoms with E-state index in [1.54, 1.807) is 12.1 Å². The maximum absolute atomic E-state index is 11.8. The Balaban J connectivity index is 1.77. The van der Waals surface area contributed by atoms with Crippen LogP contribution in [0.3, 0.4) is 0 Å². The Morgan fingerprint density at radius 2 is 2.12 bits per heavy atom. The summed E-state index contributed by atoms with van der Waals surface area (Å²) in [5.41, 5.74) is 1.72. The molecule has 0 atom stereocenters. The van der Waals surface area contributed by atoms with Crippen molar-refractivity contribution >= 4 is 23.0 Å². The molecular weight excluding hydrogens is 308 g/mol. The van der Waals surface area contributed by atoms with Crippen molar-refractivity contribution in [1.82, 2.24) is 0 Å². The van der Waals surface area contributed by atoms with Crippen LogP contribution < -0.4 is 5.63 Å². The summed E-state index contributed by atoms with van der Waals surface area (Å²) >= 11 is 0. The molecule has 24 heavy (non-hydrogen) atoms. The van der Waals surface area contributed by atoms with Crippen LogP contribution >= 0.6 is 0 Å². The molecule has 0 aliphatic rings. The number of hydrogen-bond donors (Lipinski definition) is 0. The number of fused-ring (bicyclic) bond motifs is 1. The van der Waals surface area contributed by atoms with Gasteiger partial charge in [0, 0.05) is 23.1 Å². The van der Waals surface area contributed by atoms with Crippen LogP contribution in [0.1, 0.15) is 23.8 Å². The number of aryl methyl sites for hydroxylation is 1. The molecule has 0 unspecified atom stereocenters. The third kappa shape index (κ3) is 3.63. The number of hydrogen-bond acceptors (Lipinski definition) is 5. The second-order valence-electron chi connectivity index (χ2n) is 5.23. The lowest BCUT2D eigenvalue weighted by Crippen LogP contribution is -2.05. The van der Waals surface area contributed by atoms with E-state index < -0.39 is 11.6 Å². The lowest BCUT2D eigenvalue weighted by molar-refractivity contribution is -0.138. The molecule has 2 heterocycles. The van der Waals surface area contributed by atoms with Crippen molar-refractivity contribution in [1.29, 1.82) is 0 Å². The van der Waals surface area contributed by atoms with E-state index in [1.165, 1.54) is 24.5 Å². The van der Waals surface area contributed by atoms with Crippen molar-refractivity contribution in [2.24, 2.45) is 0 Å². The maximum Gasteiger partial charge on any atom is 0.336 e. The van der Waals surface area contributed by atoms with Crippen molar-refractivity contribution in [3.63, 3.8) is 0 Å². The van der Waals surface area contributed by atoms with Crippen molar-refractivity contribution in [3.8, 4) is 0 Å². The van der Waals surface area contributed by atoms with Gasteiger partial charge in [0.15, 0.2) is 0 Å². The van der Waals surface area contributed by atoms with Crippen molar-refractivity contribution < 1.29 is 18.4 Å². The Hall–Kier alpha value is -3.08. The Bertz CT molecular complexity index is 932.